The first-order chi connectivity index (χ1) is 9.99. The van der Waals surface area contributed by atoms with E-state index in [9.17, 15) is 19.2 Å². The van der Waals surface area contributed by atoms with Gasteiger partial charge in [0.15, 0.2) is 0 Å². The van der Waals surface area contributed by atoms with Crippen LogP contribution >= 0.6 is 11.8 Å². The Morgan fingerprint density at radius 3 is 2.57 bits per heavy atom. The molecule has 8 heteroatoms. The van der Waals surface area contributed by atoms with E-state index in [1.807, 2.05) is 0 Å². The van der Waals surface area contributed by atoms with Crippen LogP contribution in [0.3, 0.4) is 0 Å². The van der Waals surface area contributed by atoms with Crippen LogP contribution in [0.1, 0.15) is 5.56 Å². The second-order valence-corrected chi connectivity index (χ2v) is 5.33. The van der Waals surface area contributed by atoms with Gasteiger partial charge in [-0.3, -0.25) is 29.4 Å². The maximum atomic E-state index is 12.4. The van der Waals surface area contributed by atoms with Crippen LogP contribution in [0.15, 0.2) is 29.2 Å². The molecule has 1 fully saturated rings. The van der Waals surface area contributed by atoms with Crippen molar-refractivity contribution >= 4 is 46.0 Å². The van der Waals surface area contributed by atoms with Gasteiger partial charge < -0.3 is 5.11 Å². The van der Waals surface area contributed by atoms with Gasteiger partial charge in [0.25, 0.3) is 17.1 Å². The van der Waals surface area contributed by atoms with E-state index < -0.39 is 29.6 Å². The summed E-state index contributed by atoms with van der Waals surface area (Å²) in [5, 5.41) is 10.5. The summed E-state index contributed by atoms with van der Waals surface area (Å²) in [6, 6.07) is 6.56. The molecule has 1 aromatic rings. The van der Waals surface area contributed by atoms with E-state index in [-0.39, 0.29) is 10.5 Å². The Morgan fingerprint density at radius 2 is 1.95 bits per heavy atom. The molecule has 2 heterocycles. The van der Waals surface area contributed by atoms with Gasteiger partial charge in [-0.25, -0.2) is 0 Å². The minimum Gasteiger partial charge on any atom is -0.480 e. The van der Waals surface area contributed by atoms with Gasteiger partial charge in [0.2, 0.25) is 0 Å². The number of rotatable bonds is 2. The Hall–Kier alpha value is -2.61. The van der Waals surface area contributed by atoms with Gasteiger partial charge in [0.05, 0.1) is 16.2 Å². The van der Waals surface area contributed by atoms with Gasteiger partial charge >= 0.3 is 5.97 Å². The number of carboxylic acid groups (broad SMARTS) is 1. The summed E-state index contributed by atoms with van der Waals surface area (Å²) in [6.45, 7) is -0.507. The van der Waals surface area contributed by atoms with Gasteiger partial charge in [0, 0.05) is 5.56 Å². The van der Waals surface area contributed by atoms with E-state index in [4.69, 9.17) is 5.11 Å². The van der Waals surface area contributed by atoms with Gasteiger partial charge in [-0.2, -0.15) is 0 Å². The Labute approximate surface area is 122 Å². The number of carbonyl (C=O) groups is 4. The van der Waals surface area contributed by atoms with Gasteiger partial charge in [0.1, 0.15) is 6.54 Å². The molecule has 1 saturated heterocycles. The van der Waals surface area contributed by atoms with Gasteiger partial charge in [-0.1, -0.05) is 18.2 Å². The maximum absolute atomic E-state index is 12.4. The molecular formula is C13H8N2O5S. The number of carboxylic acids is 1. The minimum atomic E-state index is -1.16. The van der Waals surface area contributed by atoms with Crippen molar-refractivity contribution in [2.24, 2.45) is 0 Å². The molecule has 0 spiro atoms. The molecular weight excluding hydrogens is 296 g/mol. The van der Waals surface area contributed by atoms with Crippen molar-refractivity contribution in [3.8, 4) is 0 Å². The first-order valence-electron chi connectivity index (χ1n) is 5.89. The molecule has 0 radical (unpaired) electrons. The molecule has 0 unspecified atom stereocenters. The van der Waals surface area contributed by atoms with Gasteiger partial charge in [-0.05, 0) is 17.8 Å². The lowest BCUT2D eigenvalue weighted by molar-refractivity contribution is -0.136. The standard InChI is InChI=1S/C13H8N2O5S/c16-8(17)5-15-7-4-2-1-3-6(7)9(12(15)19)10-11(18)14-13(20)21-10/h1-4H,5H2,(H,16,17)(H,14,18,20). The molecule has 3 rings (SSSR count). The number of para-hydroxylation sites is 1. The predicted octanol–water partition coefficient (Wildman–Crippen LogP) is 0.812. The number of carbonyl (C=O) groups excluding carboxylic acids is 3. The molecule has 0 atom stereocenters. The first-order valence-corrected chi connectivity index (χ1v) is 6.71. The number of fused-ring (bicyclic) bond motifs is 1. The number of nitrogens with one attached hydrogen (secondary N) is 1. The van der Waals surface area contributed by atoms with E-state index in [0.717, 1.165) is 4.90 Å². The molecule has 2 aliphatic rings. The number of hydrogen-bond donors (Lipinski definition) is 2. The molecule has 2 N–H and O–H groups in total. The molecule has 0 aliphatic carbocycles. The third-order valence-electron chi connectivity index (χ3n) is 3.06. The second kappa shape index (κ2) is 4.74. The van der Waals surface area contributed by atoms with E-state index in [1.54, 1.807) is 24.3 Å². The van der Waals surface area contributed by atoms with Crippen LogP contribution in [0, 0.1) is 0 Å². The topological polar surface area (TPSA) is 104 Å². The lowest BCUT2D eigenvalue weighted by atomic mass is 10.1. The van der Waals surface area contributed by atoms with Crippen molar-refractivity contribution in [2.45, 2.75) is 0 Å². The summed E-state index contributed by atoms with van der Waals surface area (Å²) in [4.78, 5) is 47.5. The fourth-order valence-corrected chi connectivity index (χ4v) is 3.04. The first kappa shape index (κ1) is 13.4. The van der Waals surface area contributed by atoms with Crippen LogP contribution in [0.5, 0.6) is 0 Å². The summed E-state index contributed by atoms with van der Waals surface area (Å²) in [5.41, 5.74) is 0.941. The number of hydrogen-bond acceptors (Lipinski definition) is 5. The zero-order valence-electron chi connectivity index (χ0n) is 10.5. The normalized spacial score (nSPS) is 20.8. The average Bonchev–Trinajstić information content (AvgIpc) is 2.88. The van der Waals surface area contributed by atoms with Crippen LogP contribution in [-0.2, 0) is 14.4 Å². The number of imide groups is 1. The van der Waals surface area contributed by atoms with E-state index >= 15 is 0 Å². The summed E-state index contributed by atoms with van der Waals surface area (Å²) in [5.74, 6) is -2.39. The SMILES string of the molecule is O=C(O)CN1C(=O)C(=C2SC(=O)NC2=O)c2ccccc21. The zero-order chi connectivity index (χ0) is 15.1. The molecule has 7 nitrogen and oxygen atoms in total. The van der Waals surface area contributed by atoms with Crippen molar-refractivity contribution in [1.29, 1.82) is 0 Å². The molecule has 21 heavy (non-hydrogen) atoms. The Morgan fingerprint density at radius 1 is 1.24 bits per heavy atom. The van der Waals surface area contributed by atoms with Crippen LogP contribution in [-0.4, -0.2) is 34.7 Å². The van der Waals surface area contributed by atoms with Crippen LogP contribution in [0.25, 0.3) is 5.57 Å². The second-order valence-electron chi connectivity index (χ2n) is 4.35. The molecule has 106 valence electrons. The Kier molecular flexibility index (Phi) is 3.02. The van der Waals surface area contributed by atoms with Crippen LogP contribution < -0.4 is 10.2 Å². The van der Waals surface area contributed by atoms with Crippen LogP contribution in [0.4, 0.5) is 10.5 Å². The Bertz CT molecular complexity index is 740. The van der Waals surface area contributed by atoms with Crippen molar-refractivity contribution in [3.63, 3.8) is 0 Å². The predicted molar refractivity (Wildman–Crippen MR) is 74.5 cm³/mol. The molecule has 0 bridgehead atoms. The van der Waals surface area contributed by atoms with Crippen molar-refractivity contribution < 1.29 is 24.3 Å². The van der Waals surface area contributed by atoms with Crippen molar-refractivity contribution in [1.82, 2.24) is 5.32 Å². The molecule has 2 aliphatic heterocycles. The molecule has 1 aromatic carbocycles. The van der Waals surface area contributed by atoms with Gasteiger partial charge in [-0.15, -0.1) is 0 Å². The number of aliphatic carboxylic acids is 1. The van der Waals surface area contributed by atoms with E-state index in [0.29, 0.717) is 23.0 Å². The number of anilines is 1. The largest absolute Gasteiger partial charge is 0.480 e. The van der Waals surface area contributed by atoms with Crippen molar-refractivity contribution in [2.75, 3.05) is 11.4 Å². The quantitative estimate of drug-likeness (QED) is 0.784. The summed E-state index contributed by atoms with van der Waals surface area (Å²) >= 11 is 0.644. The highest BCUT2D eigenvalue weighted by Gasteiger charge is 2.40. The summed E-state index contributed by atoms with van der Waals surface area (Å²) in [6.07, 6.45) is 0. The van der Waals surface area contributed by atoms with E-state index in [1.165, 1.54) is 0 Å². The maximum Gasteiger partial charge on any atom is 0.323 e. The lowest BCUT2D eigenvalue weighted by Crippen LogP contribution is -2.32. The Balaban J connectivity index is 2.18. The number of nitrogens with zero attached hydrogens (tertiary/aromatic N) is 1. The average molecular weight is 304 g/mol. The highest BCUT2D eigenvalue weighted by molar-refractivity contribution is 8.18. The zero-order valence-corrected chi connectivity index (χ0v) is 11.3. The highest BCUT2D eigenvalue weighted by Crippen LogP contribution is 2.42. The molecule has 3 amide bonds. The van der Waals surface area contributed by atoms with Crippen LogP contribution in [0.2, 0.25) is 0 Å². The monoisotopic (exact) mass is 304 g/mol. The third-order valence-corrected chi connectivity index (χ3v) is 3.94. The summed E-state index contributed by atoms with van der Waals surface area (Å²) < 4.78 is 0. The van der Waals surface area contributed by atoms with Crippen molar-refractivity contribution in [3.05, 3.63) is 34.7 Å². The fourth-order valence-electron chi connectivity index (χ4n) is 2.27. The third kappa shape index (κ3) is 2.09. The highest BCUT2D eigenvalue weighted by atomic mass is 32.2. The molecule has 0 saturated carbocycles. The number of amides is 3. The fraction of sp³-hybridized carbons (Fsp3) is 0.0769. The number of thioether (sulfide) groups is 1. The number of benzene rings is 1. The smallest absolute Gasteiger partial charge is 0.323 e. The summed E-state index contributed by atoms with van der Waals surface area (Å²) in [7, 11) is 0. The molecule has 0 aromatic heterocycles. The minimum absolute atomic E-state index is 0.00494. The lowest BCUT2D eigenvalue weighted by Gasteiger charge is -2.13. The van der Waals surface area contributed by atoms with E-state index in [2.05, 4.69) is 5.32 Å².